The highest BCUT2D eigenvalue weighted by Gasteiger charge is 2.25. The van der Waals surface area contributed by atoms with E-state index in [-0.39, 0.29) is 23.8 Å². The van der Waals surface area contributed by atoms with E-state index in [2.05, 4.69) is 5.32 Å². The number of hydrogen-bond acceptors (Lipinski definition) is 4. The first-order valence-electron chi connectivity index (χ1n) is 11.2. The Morgan fingerprint density at radius 2 is 1.63 bits per heavy atom. The number of methoxy groups -OCH3 is 1. The van der Waals surface area contributed by atoms with Crippen LogP contribution in [0.3, 0.4) is 0 Å². The zero-order valence-electron chi connectivity index (χ0n) is 19.6. The number of ether oxygens (including phenoxy) is 1. The van der Waals surface area contributed by atoms with Crippen molar-refractivity contribution >= 4 is 27.3 Å². The molecule has 1 N–H and O–H groups in total. The summed E-state index contributed by atoms with van der Waals surface area (Å²) in [6.07, 6.45) is 4.04. The minimum atomic E-state index is -3.85. The van der Waals surface area contributed by atoms with Crippen LogP contribution in [0.15, 0.2) is 102 Å². The van der Waals surface area contributed by atoms with E-state index in [0.717, 1.165) is 11.3 Å². The van der Waals surface area contributed by atoms with Gasteiger partial charge in [0.2, 0.25) is 5.91 Å². The molecule has 0 unspecified atom stereocenters. The minimum absolute atomic E-state index is 0.0652. The number of aromatic nitrogens is 1. The Morgan fingerprint density at radius 1 is 0.943 bits per heavy atom. The second kappa shape index (κ2) is 10.5. The van der Waals surface area contributed by atoms with Gasteiger partial charge in [-0.3, -0.25) is 9.10 Å². The summed E-state index contributed by atoms with van der Waals surface area (Å²) in [6, 6.07) is 24.9. The molecule has 180 valence electrons. The van der Waals surface area contributed by atoms with Gasteiger partial charge in [-0.1, -0.05) is 30.3 Å². The molecule has 0 fully saturated rings. The summed E-state index contributed by atoms with van der Waals surface area (Å²) in [7, 11) is -2.37. The van der Waals surface area contributed by atoms with Crippen molar-refractivity contribution in [3.8, 4) is 11.4 Å². The molecule has 0 aliphatic rings. The van der Waals surface area contributed by atoms with E-state index in [4.69, 9.17) is 4.74 Å². The maximum Gasteiger partial charge on any atom is 0.264 e. The molecule has 0 saturated carbocycles. The van der Waals surface area contributed by atoms with E-state index in [1.54, 1.807) is 37.3 Å². The number of nitrogens with zero attached hydrogens (tertiary/aromatic N) is 2. The molecule has 0 saturated heterocycles. The molecule has 4 aromatic rings. The Labute approximate surface area is 205 Å². The second-order valence-corrected chi connectivity index (χ2v) is 9.71. The highest BCUT2D eigenvalue weighted by atomic mass is 32.2. The topological polar surface area (TPSA) is 80.6 Å². The van der Waals surface area contributed by atoms with Crippen molar-refractivity contribution in [2.75, 3.05) is 23.3 Å². The summed E-state index contributed by atoms with van der Waals surface area (Å²) in [6.45, 7) is 2.04. The minimum Gasteiger partial charge on any atom is -0.495 e. The van der Waals surface area contributed by atoms with Crippen molar-refractivity contribution in [1.29, 1.82) is 0 Å². The van der Waals surface area contributed by atoms with Gasteiger partial charge in [-0.05, 0) is 67.1 Å². The number of anilines is 2. The van der Waals surface area contributed by atoms with E-state index in [1.807, 2.05) is 59.4 Å². The zero-order valence-corrected chi connectivity index (χ0v) is 20.4. The predicted molar refractivity (Wildman–Crippen MR) is 138 cm³/mol. The van der Waals surface area contributed by atoms with Crippen molar-refractivity contribution in [3.63, 3.8) is 0 Å². The third-order valence-corrected chi connectivity index (χ3v) is 7.47. The molecule has 4 rings (SSSR count). The number of para-hydroxylation sites is 1. The normalized spacial score (nSPS) is 11.1. The van der Waals surface area contributed by atoms with Crippen LogP contribution in [0.4, 0.5) is 11.4 Å². The lowest BCUT2D eigenvalue weighted by atomic mass is 10.1. The molecule has 8 heteroatoms. The summed E-state index contributed by atoms with van der Waals surface area (Å²) in [4.78, 5) is 12.9. The Balaban J connectivity index is 1.54. The SMILES string of the molecule is CCN(c1ccccc1)S(=O)(=O)c1ccc(OC)c(NC(=O)Cc2ccc(-n3cccc3)cc2)c1. The summed E-state index contributed by atoms with van der Waals surface area (Å²) < 4.78 is 35.5. The van der Waals surface area contributed by atoms with Crippen LogP contribution in [0.5, 0.6) is 5.75 Å². The molecule has 1 aromatic heterocycles. The first kappa shape index (κ1) is 24.1. The van der Waals surface area contributed by atoms with E-state index in [0.29, 0.717) is 17.1 Å². The van der Waals surface area contributed by atoms with Crippen LogP contribution in [-0.2, 0) is 21.2 Å². The van der Waals surface area contributed by atoms with Crippen molar-refractivity contribution < 1.29 is 17.9 Å². The van der Waals surface area contributed by atoms with Gasteiger partial charge in [0.05, 0.1) is 29.8 Å². The maximum absolute atomic E-state index is 13.4. The number of benzene rings is 3. The quantitative estimate of drug-likeness (QED) is 0.363. The smallest absolute Gasteiger partial charge is 0.264 e. The Hall–Kier alpha value is -4.04. The van der Waals surface area contributed by atoms with Crippen LogP contribution < -0.4 is 14.4 Å². The van der Waals surface area contributed by atoms with Crippen molar-refractivity contribution in [1.82, 2.24) is 4.57 Å². The summed E-state index contributed by atoms with van der Waals surface area (Å²) in [5.41, 5.74) is 2.70. The van der Waals surface area contributed by atoms with Gasteiger partial charge in [-0.2, -0.15) is 0 Å². The van der Waals surface area contributed by atoms with E-state index in [9.17, 15) is 13.2 Å². The molecule has 0 aliphatic carbocycles. The lowest BCUT2D eigenvalue weighted by Crippen LogP contribution is -2.30. The first-order valence-corrected chi connectivity index (χ1v) is 12.6. The number of hydrogen-bond donors (Lipinski definition) is 1. The first-order chi connectivity index (χ1) is 16.9. The fraction of sp³-hybridized carbons (Fsp3) is 0.148. The highest BCUT2D eigenvalue weighted by molar-refractivity contribution is 7.92. The van der Waals surface area contributed by atoms with Gasteiger partial charge in [-0.15, -0.1) is 0 Å². The molecule has 0 bridgehead atoms. The van der Waals surface area contributed by atoms with Gasteiger partial charge in [0.1, 0.15) is 5.75 Å². The predicted octanol–water partition coefficient (Wildman–Crippen LogP) is 4.88. The van der Waals surface area contributed by atoms with Crippen LogP contribution >= 0.6 is 0 Å². The average Bonchev–Trinajstić information content (AvgIpc) is 3.40. The average molecular weight is 490 g/mol. The largest absolute Gasteiger partial charge is 0.495 e. The molecule has 0 atom stereocenters. The number of rotatable bonds is 9. The van der Waals surface area contributed by atoms with Gasteiger partial charge in [0, 0.05) is 24.6 Å². The maximum atomic E-state index is 13.4. The van der Waals surface area contributed by atoms with Gasteiger partial charge >= 0.3 is 0 Å². The lowest BCUT2D eigenvalue weighted by molar-refractivity contribution is -0.115. The highest BCUT2D eigenvalue weighted by Crippen LogP contribution is 2.31. The molecule has 7 nitrogen and oxygen atoms in total. The fourth-order valence-corrected chi connectivity index (χ4v) is 5.33. The van der Waals surface area contributed by atoms with E-state index < -0.39 is 10.0 Å². The molecule has 0 spiro atoms. The third-order valence-electron chi connectivity index (χ3n) is 5.57. The lowest BCUT2D eigenvalue weighted by Gasteiger charge is -2.23. The molecular weight excluding hydrogens is 462 g/mol. The van der Waals surface area contributed by atoms with E-state index in [1.165, 1.54) is 23.5 Å². The molecule has 35 heavy (non-hydrogen) atoms. The van der Waals surface area contributed by atoms with Crippen molar-refractivity contribution in [2.24, 2.45) is 0 Å². The standard InChI is InChI=1S/C27H27N3O4S/c1-3-30(23-9-5-4-6-10-23)35(32,33)24-15-16-26(34-2)25(20-24)28-27(31)19-21-11-13-22(14-12-21)29-17-7-8-18-29/h4-18,20H,3,19H2,1-2H3,(H,28,31). The Morgan fingerprint density at radius 3 is 2.26 bits per heavy atom. The van der Waals surface area contributed by atoms with Crippen LogP contribution in [0.1, 0.15) is 12.5 Å². The summed E-state index contributed by atoms with van der Waals surface area (Å²) >= 11 is 0. The summed E-state index contributed by atoms with van der Waals surface area (Å²) in [5.74, 6) is 0.102. The molecule has 0 radical (unpaired) electrons. The van der Waals surface area contributed by atoms with E-state index >= 15 is 0 Å². The van der Waals surface area contributed by atoms with Crippen molar-refractivity contribution in [3.05, 3.63) is 103 Å². The van der Waals surface area contributed by atoms with Gasteiger partial charge in [0.25, 0.3) is 10.0 Å². The Kier molecular flexibility index (Phi) is 7.22. The van der Waals surface area contributed by atoms with Gasteiger partial charge in [0.15, 0.2) is 0 Å². The fourth-order valence-electron chi connectivity index (χ4n) is 3.83. The number of amides is 1. The van der Waals surface area contributed by atoms with Crippen molar-refractivity contribution in [2.45, 2.75) is 18.2 Å². The number of carbonyl (C=O) groups excluding carboxylic acids is 1. The van der Waals surface area contributed by atoms with Gasteiger partial charge < -0.3 is 14.6 Å². The second-order valence-electron chi connectivity index (χ2n) is 7.85. The van der Waals surface area contributed by atoms with Crippen LogP contribution in [0.25, 0.3) is 5.69 Å². The number of carbonyl (C=O) groups is 1. The van der Waals surface area contributed by atoms with Crippen LogP contribution in [-0.4, -0.2) is 32.5 Å². The zero-order chi connectivity index (χ0) is 24.8. The monoisotopic (exact) mass is 489 g/mol. The van der Waals surface area contributed by atoms with Crippen LogP contribution in [0.2, 0.25) is 0 Å². The third kappa shape index (κ3) is 5.38. The number of nitrogens with one attached hydrogen (secondary N) is 1. The molecule has 1 heterocycles. The van der Waals surface area contributed by atoms with Gasteiger partial charge in [-0.25, -0.2) is 8.42 Å². The Bertz CT molecular complexity index is 1380. The summed E-state index contributed by atoms with van der Waals surface area (Å²) in [5, 5.41) is 2.81. The molecular formula is C27H27N3O4S. The molecule has 0 aliphatic heterocycles. The van der Waals surface area contributed by atoms with Crippen LogP contribution in [0, 0.1) is 0 Å². The molecule has 1 amide bonds. The molecule has 3 aromatic carbocycles. The number of sulfonamides is 1.